The molecule has 0 unspecified atom stereocenters. The van der Waals surface area contributed by atoms with Gasteiger partial charge in [0.2, 0.25) is 5.89 Å². The van der Waals surface area contributed by atoms with Gasteiger partial charge in [-0.2, -0.15) is 0 Å². The number of rotatable bonds is 6. The molecule has 7 nitrogen and oxygen atoms in total. The molecular formula is C19H18N2O5. The van der Waals surface area contributed by atoms with E-state index < -0.39 is 12.1 Å². The van der Waals surface area contributed by atoms with Gasteiger partial charge in [-0.05, 0) is 55.5 Å². The average molecular weight is 354 g/mol. The highest BCUT2D eigenvalue weighted by atomic mass is 16.6. The molecule has 1 heterocycles. The van der Waals surface area contributed by atoms with E-state index in [0.29, 0.717) is 17.2 Å². The van der Waals surface area contributed by atoms with E-state index in [1.165, 1.54) is 0 Å². The molecule has 3 rings (SSSR count). The van der Waals surface area contributed by atoms with Crippen LogP contribution in [0.2, 0.25) is 0 Å². The van der Waals surface area contributed by atoms with Gasteiger partial charge < -0.3 is 18.6 Å². The molecule has 0 fully saturated rings. The zero-order valence-corrected chi connectivity index (χ0v) is 14.6. The number of nitrogens with zero attached hydrogens (tertiary/aromatic N) is 2. The Kier molecular flexibility index (Phi) is 5.17. The van der Waals surface area contributed by atoms with Crippen LogP contribution in [0.25, 0.3) is 11.5 Å². The van der Waals surface area contributed by atoms with Gasteiger partial charge in [0.25, 0.3) is 5.89 Å². The summed E-state index contributed by atoms with van der Waals surface area (Å²) in [4.78, 5) is 12.2. The molecule has 134 valence electrons. The number of methoxy groups -OCH3 is 2. The maximum Gasteiger partial charge on any atom is 0.338 e. The minimum absolute atomic E-state index is 0.220. The summed E-state index contributed by atoms with van der Waals surface area (Å²) in [6.07, 6.45) is -0.677. The van der Waals surface area contributed by atoms with Crippen LogP contribution in [0, 0.1) is 0 Å². The Morgan fingerprint density at radius 3 is 2.08 bits per heavy atom. The van der Waals surface area contributed by atoms with Gasteiger partial charge in [0.05, 0.1) is 19.8 Å². The number of carbonyl (C=O) groups excluding carboxylic acids is 1. The smallest absolute Gasteiger partial charge is 0.338 e. The van der Waals surface area contributed by atoms with Gasteiger partial charge in [-0.25, -0.2) is 4.79 Å². The minimum Gasteiger partial charge on any atom is -0.497 e. The summed E-state index contributed by atoms with van der Waals surface area (Å²) in [7, 11) is 3.16. The van der Waals surface area contributed by atoms with Crippen LogP contribution in [0.3, 0.4) is 0 Å². The van der Waals surface area contributed by atoms with Crippen molar-refractivity contribution in [3.8, 4) is 23.0 Å². The first-order valence-electron chi connectivity index (χ1n) is 7.93. The SMILES string of the molecule is COc1ccc(C(=O)O[C@H](C)c2nnc(-c3ccc(OC)cc3)o2)cc1. The minimum atomic E-state index is -0.677. The molecule has 0 saturated heterocycles. The molecule has 1 atom stereocenters. The predicted octanol–water partition coefficient (Wildman–Crippen LogP) is 3.67. The van der Waals surface area contributed by atoms with Crippen LogP contribution in [-0.4, -0.2) is 30.4 Å². The maximum absolute atomic E-state index is 12.2. The van der Waals surface area contributed by atoms with Crippen molar-refractivity contribution in [1.82, 2.24) is 10.2 Å². The Morgan fingerprint density at radius 1 is 0.923 bits per heavy atom. The van der Waals surface area contributed by atoms with E-state index in [4.69, 9.17) is 18.6 Å². The van der Waals surface area contributed by atoms with Crippen LogP contribution < -0.4 is 9.47 Å². The van der Waals surface area contributed by atoms with Crippen LogP contribution in [-0.2, 0) is 4.74 Å². The fourth-order valence-corrected chi connectivity index (χ4v) is 2.26. The first-order chi connectivity index (χ1) is 12.6. The van der Waals surface area contributed by atoms with Gasteiger partial charge in [0.15, 0.2) is 6.10 Å². The molecule has 0 aliphatic heterocycles. The molecule has 0 aliphatic rings. The topological polar surface area (TPSA) is 83.7 Å². The third kappa shape index (κ3) is 3.83. The van der Waals surface area contributed by atoms with Crippen LogP contribution in [0.5, 0.6) is 11.5 Å². The highest BCUT2D eigenvalue weighted by Gasteiger charge is 2.20. The normalized spacial score (nSPS) is 11.7. The Balaban J connectivity index is 1.68. The van der Waals surface area contributed by atoms with Crippen LogP contribution in [0.4, 0.5) is 0 Å². The molecule has 0 aliphatic carbocycles. The molecule has 26 heavy (non-hydrogen) atoms. The highest BCUT2D eigenvalue weighted by molar-refractivity contribution is 5.89. The molecule has 7 heteroatoms. The summed E-state index contributed by atoms with van der Waals surface area (Å²) >= 11 is 0. The van der Waals surface area contributed by atoms with E-state index in [9.17, 15) is 4.79 Å². The monoisotopic (exact) mass is 354 g/mol. The molecule has 3 aromatic rings. The van der Waals surface area contributed by atoms with E-state index in [1.54, 1.807) is 57.5 Å². The van der Waals surface area contributed by atoms with Gasteiger partial charge in [0.1, 0.15) is 11.5 Å². The zero-order chi connectivity index (χ0) is 18.5. The highest BCUT2D eigenvalue weighted by Crippen LogP contribution is 2.25. The van der Waals surface area contributed by atoms with Crippen LogP contribution >= 0.6 is 0 Å². The van der Waals surface area contributed by atoms with E-state index in [0.717, 1.165) is 11.3 Å². The quantitative estimate of drug-likeness (QED) is 0.624. The van der Waals surface area contributed by atoms with E-state index in [1.807, 2.05) is 12.1 Å². The number of carbonyl (C=O) groups is 1. The van der Waals surface area contributed by atoms with Crippen LogP contribution in [0.1, 0.15) is 29.3 Å². The van der Waals surface area contributed by atoms with E-state index in [2.05, 4.69) is 10.2 Å². The standard InChI is InChI=1S/C19H18N2O5/c1-12(25-19(22)14-6-10-16(24-3)11-7-14)17-20-21-18(26-17)13-4-8-15(23-2)9-5-13/h4-12H,1-3H3/t12-/m1/s1. The number of hydrogen-bond acceptors (Lipinski definition) is 7. The van der Waals surface area contributed by atoms with Gasteiger partial charge in [0, 0.05) is 5.56 Å². The van der Waals surface area contributed by atoms with E-state index in [-0.39, 0.29) is 5.89 Å². The Labute approximate surface area is 150 Å². The summed E-state index contributed by atoms with van der Waals surface area (Å²) in [5.74, 6) is 1.47. The number of esters is 1. The van der Waals surface area contributed by atoms with Gasteiger partial charge >= 0.3 is 5.97 Å². The molecular weight excluding hydrogens is 336 g/mol. The van der Waals surface area contributed by atoms with Crippen molar-refractivity contribution < 1.29 is 23.4 Å². The van der Waals surface area contributed by atoms with Gasteiger partial charge in [-0.3, -0.25) is 0 Å². The Morgan fingerprint density at radius 2 is 1.50 bits per heavy atom. The maximum atomic E-state index is 12.2. The molecule has 1 aromatic heterocycles. The summed E-state index contributed by atoms with van der Waals surface area (Å²) in [6.45, 7) is 1.67. The molecule has 0 radical (unpaired) electrons. The summed E-state index contributed by atoms with van der Waals surface area (Å²) in [5, 5.41) is 7.96. The second kappa shape index (κ2) is 7.69. The van der Waals surface area contributed by atoms with Crippen LogP contribution in [0.15, 0.2) is 52.9 Å². The summed E-state index contributed by atoms with van der Waals surface area (Å²) in [5.41, 5.74) is 1.16. The molecule has 2 aromatic carbocycles. The fraction of sp³-hybridized carbons (Fsp3) is 0.211. The lowest BCUT2D eigenvalue weighted by atomic mass is 10.2. The Bertz CT molecular complexity index is 872. The Hall–Kier alpha value is -3.35. The first-order valence-corrected chi connectivity index (χ1v) is 7.93. The third-order valence-electron chi connectivity index (χ3n) is 3.73. The molecule has 0 amide bonds. The average Bonchev–Trinajstić information content (AvgIpc) is 3.18. The number of hydrogen-bond donors (Lipinski definition) is 0. The van der Waals surface area contributed by atoms with E-state index >= 15 is 0 Å². The molecule has 0 saturated carbocycles. The van der Waals surface area contributed by atoms with Gasteiger partial charge in [-0.15, -0.1) is 10.2 Å². The lowest BCUT2D eigenvalue weighted by Gasteiger charge is -2.09. The predicted molar refractivity (Wildman–Crippen MR) is 93.1 cm³/mol. The van der Waals surface area contributed by atoms with Crippen molar-refractivity contribution in [1.29, 1.82) is 0 Å². The summed E-state index contributed by atoms with van der Waals surface area (Å²) in [6, 6.07) is 13.9. The zero-order valence-electron chi connectivity index (χ0n) is 14.6. The van der Waals surface area contributed by atoms with Gasteiger partial charge in [-0.1, -0.05) is 0 Å². The number of aromatic nitrogens is 2. The lowest BCUT2D eigenvalue weighted by molar-refractivity contribution is 0.0280. The second-order valence-corrected chi connectivity index (χ2v) is 5.45. The number of ether oxygens (including phenoxy) is 3. The number of benzene rings is 2. The fourth-order valence-electron chi connectivity index (χ4n) is 2.26. The largest absolute Gasteiger partial charge is 0.497 e. The van der Waals surface area contributed by atoms with Crippen molar-refractivity contribution in [2.24, 2.45) is 0 Å². The van der Waals surface area contributed by atoms with Crippen molar-refractivity contribution in [3.05, 3.63) is 60.0 Å². The second-order valence-electron chi connectivity index (χ2n) is 5.45. The van der Waals surface area contributed by atoms with Crippen molar-refractivity contribution in [3.63, 3.8) is 0 Å². The molecule has 0 spiro atoms. The van der Waals surface area contributed by atoms with Crippen molar-refractivity contribution in [2.45, 2.75) is 13.0 Å². The third-order valence-corrected chi connectivity index (χ3v) is 3.73. The summed E-state index contributed by atoms with van der Waals surface area (Å²) < 4.78 is 21.2. The van der Waals surface area contributed by atoms with Crippen molar-refractivity contribution >= 4 is 5.97 Å². The first kappa shape index (κ1) is 17.5. The lowest BCUT2D eigenvalue weighted by Crippen LogP contribution is -2.09. The molecule has 0 N–H and O–H groups in total. The van der Waals surface area contributed by atoms with Crippen molar-refractivity contribution in [2.75, 3.05) is 14.2 Å². The molecule has 0 bridgehead atoms.